The predicted octanol–water partition coefficient (Wildman–Crippen LogP) is 4.57. The second-order valence-corrected chi connectivity index (χ2v) is 8.27. The first-order chi connectivity index (χ1) is 12.7. The third-order valence-electron chi connectivity index (χ3n) is 4.61. The minimum absolute atomic E-state index is 0.129. The van der Waals surface area contributed by atoms with Crippen molar-refractivity contribution in [3.63, 3.8) is 0 Å². The van der Waals surface area contributed by atoms with Crippen LogP contribution in [0.2, 0.25) is 0 Å². The molecule has 0 unspecified atom stereocenters. The van der Waals surface area contributed by atoms with Crippen LogP contribution in [0.5, 0.6) is 0 Å². The van der Waals surface area contributed by atoms with Crippen molar-refractivity contribution in [2.45, 2.75) is 6.54 Å². The fourth-order valence-electron chi connectivity index (χ4n) is 3.17. The smallest absolute Gasteiger partial charge is 0.254 e. The third kappa shape index (κ3) is 3.72. The van der Waals surface area contributed by atoms with E-state index in [1.165, 1.54) is 10.9 Å². The van der Waals surface area contributed by atoms with Gasteiger partial charge in [0.05, 0.1) is 5.56 Å². The summed E-state index contributed by atoms with van der Waals surface area (Å²) >= 11 is 3.19. The summed E-state index contributed by atoms with van der Waals surface area (Å²) in [7, 11) is 0. The molecule has 1 aliphatic rings. The van der Waals surface area contributed by atoms with Crippen LogP contribution in [0.25, 0.3) is 10.4 Å². The van der Waals surface area contributed by atoms with Gasteiger partial charge in [-0.25, -0.2) is 4.39 Å². The third-order valence-corrected chi connectivity index (χ3v) is 6.39. The van der Waals surface area contributed by atoms with E-state index in [1.54, 1.807) is 28.7 Å². The van der Waals surface area contributed by atoms with Gasteiger partial charge in [-0.1, -0.05) is 18.2 Å². The minimum atomic E-state index is -0.179. The second kappa shape index (κ2) is 7.70. The monoisotopic (exact) mass is 386 g/mol. The van der Waals surface area contributed by atoms with Crippen LogP contribution in [0.15, 0.2) is 53.2 Å². The highest BCUT2D eigenvalue weighted by Crippen LogP contribution is 2.30. The first-order valence-electron chi connectivity index (χ1n) is 8.58. The molecule has 1 amide bonds. The summed E-state index contributed by atoms with van der Waals surface area (Å²) in [5.41, 5.74) is 1.45. The molecule has 0 radical (unpaired) electrons. The molecule has 0 saturated carbocycles. The lowest BCUT2D eigenvalue weighted by Gasteiger charge is -2.34. The van der Waals surface area contributed by atoms with Gasteiger partial charge in [0.25, 0.3) is 5.91 Å². The van der Waals surface area contributed by atoms with E-state index < -0.39 is 0 Å². The van der Waals surface area contributed by atoms with Crippen molar-refractivity contribution in [2.24, 2.45) is 0 Å². The Balaban J connectivity index is 1.35. The van der Waals surface area contributed by atoms with Gasteiger partial charge in [0, 0.05) is 53.4 Å². The summed E-state index contributed by atoms with van der Waals surface area (Å²) in [4.78, 5) is 18.9. The van der Waals surface area contributed by atoms with E-state index in [9.17, 15) is 9.18 Å². The molecule has 1 aliphatic heterocycles. The molecule has 0 bridgehead atoms. The summed E-state index contributed by atoms with van der Waals surface area (Å²) in [6.07, 6.45) is 0. The lowest BCUT2D eigenvalue weighted by Crippen LogP contribution is -2.48. The van der Waals surface area contributed by atoms with Crippen LogP contribution in [0.3, 0.4) is 0 Å². The zero-order valence-electron chi connectivity index (χ0n) is 14.2. The number of halogens is 1. The van der Waals surface area contributed by atoms with Crippen LogP contribution in [-0.4, -0.2) is 41.9 Å². The normalized spacial score (nSPS) is 15.3. The molecule has 26 heavy (non-hydrogen) atoms. The number of carbonyl (C=O) groups excluding carboxylic acids is 1. The number of piperazine rings is 1. The number of rotatable bonds is 4. The van der Waals surface area contributed by atoms with E-state index in [-0.39, 0.29) is 11.7 Å². The summed E-state index contributed by atoms with van der Waals surface area (Å²) in [6.45, 7) is 4.08. The fourth-order valence-corrected chi connectivity index (χ4v) is 4.87. The fraction of sp³-hybridized carbons (Fsp3) is 0.250. The van der Waals surface area contributed by atoms with Crippen LogP contribution in [0.1, 0.15) is 15.2 Å². The van der Waals surface area contributed by atoms with Crippen molar-refractivity contribution in [1.82, 2.24) is 9.80 Å². The van der Waals surface area contributed by atoms with Crippen LogP contribution < -0.4 is 0 Å². The number of benzene rings is 1. The zero-order valence-corrected chi connectivity index (χ0v) is 15.9. The highest BCUT2D eigenvalue weighted by Gasteiger charge is 2.22. The summed E-state index contributed by atoms with van der Waals surface area (Å²) in [5, 5.41) is 3.85. The lowest BCUT2D eigenvalue weighted by atomic mass is 10.2. The molecule has 0 aliphatic carbocycles. The predicted molar refractivity (Wildman–Crippen MR) is 105 cm³/mol. The maximum absolute atomic E-state index is 13.9. The van der Waals surface area contributed by atoms with E-state index in [4.69, 9.17) is 0 Å². The lowest BCUT2D eigenvalue weighted by molar-refractivity contribution is 0.0630. The largest absolute Gasteiger partial charge is 0.336 e. The van der Waals surface area contributed by atoms with Gasteiger partial charge in [-0.15, -0.1) is 11.3 Å². The molecule has 1 saturated heterocycles. The van der Waals surface area contributed by atoms with E-state index in [1.807, 2.05) is 39.9 Å². The number of hydrogen-bond donors (Lipinski definition) is 0. The van der Waals surface area contributed by atoms with Crippen molar-refractivity contribution in [3.05, 3.63) is 69.5 Å². The van der Waals surface area contributed by atoms with Gasteiger partial charge >= 0.3 is 0 Å². The van der Waals surface area contributed by atoms with Gasteiger partial charge in [-0.2, -0.15) is 11.3 Å². The molecule has 0 atom stereocenters. The van der Waals surface area contributed by atoms with Gasteiger partial charge in [-0.05, 0) is 29.6 Å². The SMILES string of the molecule is O=C(c1ccsc1)N1CCN(Cc2ccc(-c3ccccc3F)s2)CC1. The highest BCUT2D eigenvalue weighted by atomic mass is 32.1. The molecule has 3 heterocycles. The first kappa shape index (κ1) is 17.4. The van der Waals surface area contributed by atoms with Gasteiger partial charge in [0.2, 0.25) is 0 Å². The summed E-state index contributed by atoms with van der Waals surface area (Å²) in [5.74, 6) is -0.0506. The molecule has 3 nitrogen and oxygen atoms in total. The molecule has 0 N–H and O–H groups in total. The summed E-state index contributed by atoms with van der Waals surface area (Å²) < 4.78 is 13.9. The van der Waals surface area contributed by atoms with Crippen LogP contribution >= 0.6 is 22.7 Å². The number of carbonyl (C=O) groups is 1. The van der Waals surface area contributed by atoms with Crippen molar-refractivity contribution in [2.75, 3.05) is 26.2 Å². The van der Waals surface area contributed by atoms with Crippen molar-refractivity contribution in [1.29, 1.82) is 0 Å². The van der Waals surface area contributed by atoms with Crippen LogP contribution in [-0.2, 0) is 6.54 Å². The van der Waals surface area contributed by atoms with Gasteiger partial charge in [0.1, 0.15) is 5.82 Å². The van der Waals surface area contributed by atoms with Crippen molar-refractivity contribution >= 4 is 28.6 Å². The highest BCUT2D eigenvalue weighted by molar-refractivity contribution is 7.15. The Morgan fingerprint density at radius 3 is 2.58 bits per heavy atom. The molecule has 1 aromatic carbocycles. The standard InChI is InChI=1S/C20H19FN2OS2/c21-18-4-2-1-3-17(18)19-6-5-16(26-19)13-22-8-10-23(11-9-22)20(24)15-7-12-25-14-15/h1-7,12,14H,8-11,13H2. The molecular formula is C20H19FN2OS2. The van der Waals surface area contributed by atoms with Crippen LogP contribution in [0.4, 0.5) is 4.39 Å². The molecule has 3 aromatic rings. The number of thiophene rings is 2. The second-order valence-electron chi connectivity index (χ2n) is 6.33. The number of hydrogen-bond acceptors (Lipinski definition) is 4. The molecule has 2 aromatic heterocycles. The zero-order chi connectivity index (χ0) is 17.9. The minimum Gasteiger partial charge on any atom is -0.336 e. The topological polar surface area (TPSA) is 23.6 Å². The molecular weight excluding hydrogens is 367 g/mol. The summed E-state index contributed by atoms with van der Waals surface area (Å²) in [6, 6.07) is 12.9. The first-order valence-corrected chi connectivity index (χ1v) is 10.3. The van der Waals surface area contributed by atoms with Gasteiger partial charge in [-0.3, -0.25) is 9.69 Å². The molecule has 134 valence electrons. The maximum Gasteiger partial charge on any atom is 0.254 e. The van der Waals surface area contributed by atoms with E-state index in [0.29, 0.717) is 5.56 Å². The Hall–Kier alpha value is -2.02. The number of nitrogens with zero attached hydrogens (tertiary/aromatic N) is 2. The van der Waals surface area contributed by atoms with E-state index in [0.717, 1.165) is 43.2 Å². The quantitative estimate of drug-likeness (QED) is 0.656. The van der Waals surface area contributed by atoms with Crippen LogP contribution in [0, 0.1) is 5.82 Å². The molecule has 6 heteroatoms. The van der Waals surface area contributed by atoms with Crippen molar-refractivity contribution in [3.8, 4) is 10.4 Å². The van der Waals surface area contributed by atoms with Gasteiger partial charge in [0.15, 0.2) is 0 Å². The Labute approximate surface area is 160 Å². The average Bonchev–Trinajstić information content (AvgIpc) is 3.34. The Morgan fingerprint density at radius 2 is 1.85 bits per heavy atom. The Kier molecular flexibility index (Phi) is 5.15. The Morgan fingerprint density at radius 1 is 1.04 bits per heavy atom. The molecule has 0 spiro atoms. The van der Waals surface area contributed by atoms with E-state index >= 15 is 0 Å². The maximum atomic E-state index is 13.9. The molecule has 4 rings (SSSR count). The van der Waals surface area contributed by atoms with E-state index in [2.05, 4.69) is 11.0 Å². The number of amides is 1. The van der Waals surface area contributed by atoms with Crippen molar-refractivity contribution < 1.29 is 9.18 Å². The Bertz CT molecular complexity index is 883. The van der Waals surface area contributed by atoms with Gasteiger partial charge < -0.3 is 4.90 Å². The average molecular weight is 387 g/mol. The molecule has 1 fully saturated rings.